The maximum Gasteiger partial charge on any atom is 0.412 e. The first-order chi connectivity index (χ1) is 33.1. The summed E-state index contributed by atoms with van der Waals surface area (Å²) >= 11 is 0. The van der Waals surface area contributed by atoms with Gasteiger partial charge in [-0.05, 0) is 115 Å². The molecule has 0 radical (unpaired) electrons. The van der Waals surface area contributed by atoms with Gasteiger partial charge < -0.3 is 39.5 Å². The van der Waals surface area contributed by atoms with Crippen LogP contribution in [0.1, 0.15) is 80.0 Å². The number of ether oxygens (including phenoxy) is 3. The minimum absolute atomic E-state index is 0.0125. The van der Waals surface area contributed by atoms with E-state index in [2.05, 4.69) is 18.0 Å². The zero-order valence-corrected chi connectivity index (χ0v) is 38.2. The number of nitro benzene ring substituents is 1. The van der Waals surface area contributed by atoms with Crippen LogP contribution in [0.15, 0.2) is 133 Å². The van der Waals surface area contributed by atoms with Crippen molar-refractivity contribution in [2.24, 2.45) is 22.9 Å². The first kappa shape index (κ1) is 49.2. The molecule has 14 nitrogen and oxygen atoms in total. The van der Waals surface area contributed by atoms with Gasteiger partial charge in [0.25, 0.3) is 5.69 Å². The summed E-state index contributed by atoms with van der Waals surface area (Å²) in [6, 6.07) is 25.7. The highest BCUT2D eigenvalue weighted by Gasteiger charge is 2.65. The van der Waals surface area contributed by atoms with Gasteiger partial charge in [-0.15, -0.1) is 6.58 Å². The lowest BCUT2D eigenvalue weighted by Crippen LogP contribution is -2.70. The molecule has 3 aliphatic rings. The normalized spacial score (nSPS) is 22.0. The van der Waals surface area contributed by atoms with Crippen LogP contribution < -0.4 is 14.8 Å². The summed E-state index contributed by atoms with van der Waals surface area (Å²) < 4.78 is 34.7. The van der Waals surface area contributed by atoms with Gasteiger partial charge in [-0.25, -0.2) is 9.18 Å². The molecule has 4 aromatic carbocycles. The summed E-state index contributed by atoms with van der Waals surface area (Å²) in [6.45, 7) is 6.39. The number of aliphatic hydroxyl groups excluding tert-OH is 2. The first-order valence-electron chi connectivity index (χ1n) is 23.3. The molecule has 15 heteroatoms. The van der Waals surface area contributed by atoms with Gasteiger partial charge in [-0.2, -0.15) is 0 Å². The minimum Gasteiger partial charge on any atom is -0.459 e. The predicted molar refractivity (Wildman–Crippen MR) is 255 cm³/mol. The number of amides is 2. The molecule has 4 aromatic rings. The number of carbonyl (C=O) groups excluding carboxylic acids is 2. The fraction of sp³-hybridized carbons (Fsp3) is 0.377. The van der Waals surface area contributed by atoms with E-state index < -0.39 is 46.4 Å². The highest BCUT2D eigenvalue weighted by Crippen LogP contribution is 2.62. The van der Waals surface area contributed by atoms with E-state index in [1.165, 1.54) is 30.3 Å². The van der Waals surface area contributed by atoms with Crippen molar-refractivity contribution in [1.29, 1.82) is 0 Å². The summed E-state index contributed by atoms with van der Waals surface area (Å²) in [5.41, 5.74) is 4.12. The van der Waals surface area contributed by atoms with E-state index in [0.29, 0.717) is 60.6 Å². The number of allylic oxidation sites excluding steroid dienone is 1. The number of fused-ring (bicyclic) bond motifs is 2. The second-order valence-corrected chi connectivity index (χ2v) is 17.2. The third-order valence-electron chi connectivity index (χ3n) is 12.9. The van der Waals surface area contributed by atoms with Crippen LogP contribution in [-0.2, 0) is 27.5 Å². The van der Waals surface area contributed by atoms with Crippen molar-refractivity contribution < 1.29 is 48.2 Å². The summed E-state index contributed by atoms with van der Waals surface area (Å²) in [4.78, 5) is 46.8. The van der Waals surface area contributed by atoms with Gasteiger partial charge in [0.1, 0.15) is 30.0 Å². The molecule has 6 atom stereocenters. The Morgan fingerprint density at radius 2 is 1.72 bits per heavy atom. The number of halogens is 1. The molecule has 1 fully saturated rings. The second-order valence-electron chi connectivity index (χ2n) is 17.2. The van der Waals surface area contributed by atoms with E-state index >= 15 is 4.79 Å². The molecule has 2 amide bonds. The number of nitrogens with zero attached hydrogens (tertiary/aromatic N) is 3. The fourth-order valence-corrected chi connectivity index (χ4v) is 9.86. The van der Waals surface area contributed by atoms with Gasteiger partial charge in [0.15, 0.2) is 0 Å². The van der Waals surface area contributed by atoms with Crippen LogP contribution in [0.2, 0.25) is 0 Å². The quantitative estimate of drug-likeness (QED) is 0.0226. The lowest BCUT2D eigenvalue weighted by atomic mass is 9.55. The van der Waals surface area contributed by atoms with Gasteiger partial charge in [0.2, 0.25) is 11.7 Å². The number of unbranched alkanes of at least 4 members (excludes halogenated alkanes) is 2. The molecular weight excluding hydrogens is 872 g/mol. The molecular formula is C53H59FN4O10. The molecule has 358 valence electrons. The van der Waals surface area contributed by atoms with E-state index in [1.807, 2.05) is 36.4 Å². The Morgan fingerprint density at radius 3 is 2.41 bits per heavy atom. The molecule has 0 saturated heterocycles. The van der Waals surface area contributed by atoms with Crippen molar-refractivity contribution in [3.05, 3.63) is 166 Å². The zero-order chi connectivity index (χ0) is 48.0. The Labute approximate surface area is 395 Å². The molecule has 1 aliphatic heterocycles. The predicted octanol–water partition coefficient (Wildman–Crippen LogP) is 9.42. The van der Waals surface area contributed by atoms with Gasteiger partial charge in [-0.1, -0.05) is 72.6 Å². The molecule has 2 aliphatic carbocycles. The van der Waals surface area contributed by atoms with Crippen LogP contribution in [-0.4, -0.2) is 75.9 Å². The summed E-state index contributed by atoms with van der Waals surface area (Å²) in [6.07, 6.45) is 10.3. The largest absolute Gasteiger partial charge is 0.459 e. The van der Waals surface area contributed by atoms with E-state index in [0.717, 1.165) is 29.5 Å². The number of non-ortho nitro benzene ring substituents is 1. The molecule has 0 bridgehead atoms. The molecule has 0 aromatic heterocycles. The Morgan fingerprint density at radius 1 is 0.985 bits per heavy atom. The monoisotopic (exact) mass is 930 g/mol. The maximum absolute atomic E-state index is 15.1. The van der Waals surface area contributed by atoms with Crippen molar-refractivity contribution in [3.8, 4) is 11.5 Å². The zero-order valence-electron chi connectivity index (χ0n) is 38.2. The molecule has 0 spiro atoms. The van der Waals surface area contributed by atoms with Crippen LogP contribution in [0, 0.1) is 33.7 Å². The SMILES string of the molecule is C=CCOC12Oc3ccc(OC(=O)NCC)cc3C3C(CCCCO)C(CCCCO)C=C(C(=NOCc4ccccc4)CC1N(Cc1ccc(F)cc1)C(=O)C=Cc1ccc([N+](=O)[O-])cc1)C32. The number of nitrogens with one attached hydrogen (secondary N) is 1. The van der Waals surface area contributed by atoms with Gasteiger partial charge in [0.05, 0.1) is 23.2 Å². The Hall–Kier alpha value is -6.68. The third kappa shape index (κ3) is 11.5. The molecule has 6 unspecified atom stereocenters. The van der Waals surface area contributed by atoms with E-state index in [4.69, 9.17) is 24.2 Å². The average molecular weight is 931 g/mol. The van der Waals surface area contributed by atoms with E-state index in [9.17, 15) is 29.5 Å². The van der Waals surface area contributed by atoms with Crippen LogP contribution in [0.5, 0.6) is 11.5 Å². The fourth-order valence-electron chi connectivity index (χ4n) is 9.86. The number of aliphatic hydroxyl groups is 2. The maximum atomic E-state index is 15.1. The van der Waals surface area contributed by atoms with Crippen molar-refractivity contribution in [2.45, 2.75) is 82.8 Å². The van der Waals surface area contributed by atoms with Gasteiger partial charge in [-0.3, -0.25) is 14.9 Å². The Bertz CT molecular complexity index is 2460. The molecule has 7 rings (SSSR count). The number of carbonyl (C=O) groups is 2. The van der Waals surface area contributed by atoms with E-state index in [-0.39, 0.29) is 56.9 Å². The number of rotatable bonds is 22. The lowest BCUT2D eigenvalue weighted by molar-refractivity contribution is -0.384. The van der Waals surface area contributed by atoms with Crippen LogP contribution in [0.25, 0.3) is 6.08 Å². The summed E-state index contributed by atoms with van der Waals surface area (Å²) in [5.74, 6) is -2.98. The summed E-state index contributed by atoms with van der Waals surface area (Å²) in [5, 5.41) is 39.0. The standard InChI is InChI=1S/C53H59FN4O10/c1-3-30-65-53-48(57(34-37-16-21-40(54)22-17-37)49(61)27-20-36-18-23-41(24-19-36)58(63)64)33-46(56-66-35-38-12-6-5-7-13-38)44-31-39(14-8-10-28-59)43(15-9-11-29-60)50(51(44)53)45-32-42(25-26-47(45)68-53)67-52(62)55-4-2/h3,5-7,12-13,16-27,31-32,39,43,48,50-51,59-60H,1,4,8-11,14-15,28-30,33-35H2,2H3,(H,55,62). The number of nitro groups is 1. The smallest absolute Gasteiger partial charge is 0.412 e. The van der Waals surface area contributed by atoms with Gasteiger partial charge >= 0.3 is 6.09 Å². The number of oxime groups is 1. The number of hydrogen-bond donors (Lipinski definition) is 3. The Balaban J connectivity index is 1.46. The van der Waals surface area contributed by atoms with Crippen molar-refractivity contribution in [1.82, 2.24) is 10.2 Å². The van der Waals surface area contributed by atoms with Crippen molar-refractivity contribution >= 4 is 29.5 Å². The topological polar surface area (TPSA) is 182 Å². The van der Waals surface area contributed by atoms with Crippen LogP contribution in [0.3, 0.4) is 0 Å². The summed E-state index contributed by atoms with van der Waals surface area (Å²) in [7, 11) is 0. The van der Waals surface area contributed by atoms with Crippen molar-refractivity contribution in [2.75, 3.05) is 26.4 Å². The third-order valence-corrected chi connectivity index (χ3v) is 12.9. The molecule has 1 saturated carbocycles. The molecule has 68 heavy (non-hydrogen) atoms. The molecule has 1 heterocycles. The van der Waals surface area contributed by atoms with Crippen molar-refractivity contribution in [3.63, 3.8) is 0 Å². The average Bonchev–Trinajstić information content (AvgIpc) is 3.34. The van der Waals surface area contributed by atoms with Gasteiger partial charge in [0, 0.05) is 62.4 Å². The highest BCUT2D eigenvalue weighted by atomic mass is 19.1. The molecule has 3 N–H and O–H groups in total. The number of benzene rings is 4. The first-order valence-corrected chi connectivity index (χ1v) is 23.3. The number of hydrogen-bond acceptors (Lipinski definition) is 11. The van der Waals surface area contributed by atoms with Crippen LogP contribution >= 0.6 is 0 Å². The lowest BCUT2D eigenvalue weighted by Gasteiger charge is -2.60. The van der Waals surface area contributed by atoms with Crippen LogP contribution in [0.4, 0.5) is 14.9 Å². The highest BCUT2D eigenvalue weighted by molar-refractivity contribution is 6.03. The second kappa shape index (κ2) is 23.4. The van der Waals surface area contributed by atoms with E-state index in [1.54, 1.807) is 60.4 Å². The Kier molecular flexibility index (Phi) is 16.9. The minimum atomic E-state index is -1.62.